The molecule has 1 aromatic heterocycles. The summed E-state index contributed by atoms with van der Waals surface area (Å²) in [5, 5.41) is 12.4. The van der Waals surface area contributed by atoms with E-state index in [9.17, 15) is 9.59 Å². The Morgan fingerprint density at radius 1 is 1.29 bits per heavy atom. The molecule has 1 aliphatic rings. The number of aromatic nitrogens is 1. The third kappa shape index (κ3) is 2.89. The molecule has 0 saturated carbocycles. The number of carbonyl (C=O) groups excluding carboxylic acids is 1. The molecule has 1 aliphatic carbocycles. The van der Waals surface area contributed by atoms with Crippen LogP contribution >= 0.6 is 0 Å². The van der Waals surface area contributed by atoms with Gasteiger partial charge in [-0.05, 0) is 49.2 Å². The molecule has 1 heterocycles. The number of aliphatic carboxylic acids is 1. The van der Waals surface area contributed by atoms with E-state index in [0.717, 1.165) is 42.4 Å². The van der Waals surface area contributed by atoms with Crippen molar-refractivity contribution in [3.8, 4) is 0 Å². The van der Waals surface area contributed by atoms with Gasteiger partial charge in [-0.2, -0.15) is 0 Å². The summed E-state index contributed by atoms with van der Waals surface area (Å²) < 4.78 is 0. The maximum absolute atomic E-state index is 12.4. The van der Waals surface area contributed by atoms with Crippen molar-refractivity contribution >= 4 is 22.8 Å². The molecule has 2 aromatic rings. The van der Waals surface area contributed by atoms with Gasteiger partial charge in [0, 0.05) is 28.7 Å². The summed E-state index contributed by atoms with van der Waals surface area (Å²) in [5.41, 5.74) is 3.88. The maximum Gasteiger partial charge on any atom is 0.322 e. The molecule has 0 spiro atoms. The minimum absolute atomic E-state index is 0.318. The Hall–Kier alpha value is -2.34. The van der Waals surface area contributed by atoms with E-state index >= 15 is 0 Å². The summed E-state index contributed by atoms with van der Waals surface area (Å²) in [4.78, 5) is 28.9. The van der Waals surface area contributed by atoms with Crippen molar-refractivity contribution in [1.82, 2.24) is 15.2 Å². The molecular formula is C18H23N3O3. The number of carboxylic acids is 1. The van der Waals surface area contributed by atoms with Crippen LogP contribution in [-0.2, 0) is 17.6 Å². The molecule has 0 fully saturated rings. The van der Waals surface area contributed by atoms with E-state index < -0.39 is 5.97 Å². The fraction of sp³-hybridized carbons (Fsp3) is 0.444. The minimum atomic E-state index is -1.04. The number of carbonyl (C=O) groups is 2. The predicted octanol–water partition coefficient (Wildman–Crippen LogP) is 1.79. The summed E-state index contributed by atoms with van der Waals surface area (Å²) in [6, 6.07) is 4.05. The van der Waals surface area contributed by atoms with Crippen molar-refractivity contribution in [1.29, 1.82) is 0 Å². The number of rotatable bonds is 6. The second-order valence-electron chi connectivity index (χ2n) is 6.19. The van der Waals surface area contributed by atoms with Gasteiger partial charge in [-0.25, -0.2) is 0 Å². The van der Waals surface area contributed by atoms with Gasteiger partial charge in [0.2, 0.25) is 0 Å². The summed E-state index contributed by atoms with van der Waals surface area (Å²) in [6.45, 7) is 5.87. The van der Waals surface area contributed by atoms with Gasteiger partial charge < -0.3 is 20.3 Å². The molecule has 0 radical (unpaired) electrons. The number of aromatic amines is 1. The lowest BCUT2D eigenvalue weighted by Gasteiger charge is -2.33. The van der Waals surface area contributed by atoms with Gasteiger partial charge in [0.1, 0.15) is 6.54 Å². The van der Waals surface area contributed by atoms with Gasteiger partial charge in [0.25, 0.3) is 5.91 Å². The van der Waals surface area contributed by atoms with Crippen LogP contribution in [-0.4, -0.2) is 52.5 Å². The number of hydrogen-bond acceptors (Lipinski definition) is 3. The van der Waals surface area contributed by atoms with E-state index in [1.54, 1.807) is 6.07 Å². The molecule has 128 valence electrons. The number of carboxylic acid groups (broad SMARTS) is 1. The van der Waals surface area contributed by atoms with Gasteiger partial charge in [0.05, 0.1) is 0 Å². The molecule has 0 saturated heterocycles. The van der Waals surface area contributed by atoms with Crippen molar-refractivity contribution in [3.63, 3.8) is 0 Å². The van der Waals surface area contributed by atoms with E-state index in [-0.39, 0.29) is 12.5 Å². The molecule has 1 atom stereocenters. The van der Waals surface area contributed by atoms with Gasteiger partial charge in [-0.15, -0.1) is 0 Å². The van der Waals surface area contributed by atoms with Crippen molar-refractivity contribution in [2.45, 2.75) is 32.7 Å². The molecule has 24 heavy (non-hydrogen) atoms. The van der Waals surface area contributed by atoms with Crippen LogP contribution in [0, 0.1) is 0 Å². The quantitative estimate of drug-likeness (QED) is 0.754. The average molecular weight is 329 g/mol. The van der Waals surface area contributed by atoms with Crippen molar-refractivity contribution in [3.05, 3.63) is 35.0 Å². The average Bonchev–Trinajstić information content (AvgIpc) is 2.98. The largest absolute Gasteiger partial charge is 0.480 e. The van der Waals surface area contributed by atoms with E-state index in [4.69, 9.17) is 5.11 Å². The molecule has 1 unspecified atom stereocenters. The first-order valence-corrected chi connectivity index (χ1v) is 8.41. The van der Waals surface area contributed by atoms with Gasteiger partial charge in [-0.3, -0.25) is 9.59 Å². The minimum Gasteiger partial charge on any atom is -0.480 e. The third-order valence-electron chi connectivity index (χ3n) is 4.90. The Morgan fingerprint density at radius 3 is 2.71 bits per heavy atom. The highest BCUT2D eigenvalue weighted by atomic mass is 16.4. The molecule has 6 heteroatoms. The number of H-pyrrole nitrogens is 1. The lowest BCUT2D eigenvalue weighted by molar-refractivity contribution is -0.135. The fourth-order valence-electron chi connectivity index (χ4n) is 3.77. The zero-order chi connectivity index (χ0) is 17.3. The Bertz CT molecular complexity index is 777. The topological polar surface area (TPSA) is 85.4 Å². The Labute approximate surface area is 140 Å². The molecule has 6 nitrogen and oxygen atoms in total. The number of benzene rings is 1. The molecule has 1 amide bonds. The number of nitrogens with zero attached hydrogens (tertiary/aromatic N) is 1. The highest BCUT2D eigenvalue weighted by Crippen LogP contribution is 2.33. The van der Waals surface area contributed by atoms with Crippen LogP contribution < -0.4 is 5.32 Å². The Morgan fingerprint density at radius 2 is 2.04 bits per heavy atom. The first-order chi connectivity index (χ1) is 11.5. The van der Waals surface area contributed by atoms with Gasteiger partial charge >= 0.3 is 5.97 Å². The van der Waals surface area contributed by atoms with Crippen LogP contribution in [0.25, 0.3) is 10.9 Å². The lowest BCUT2D eigenvalue weighted by atomic mass is 9.85. The Kier molecular flexibility index (Phi) is 4.57. The second-order valence-corrected chi connectivity index (χ2v) is 6.19. The lowest BCUT2D eigenvalue weighted by Crippen LogP contribution is -2.40. The van der Waals surface area contributed by atoms with Crippen molar-refractivity contribution in [2.24, 2.45) is 0 Å². The Balaban J connectivity index is 1.99. The van der Waals surface area contributed by atoms with E-state index in [1.165, 1.54) is 5.56 Å². The number of hydrogen-bond donors (Lipinski definition) is 3. The van der Waals surface area contributed by atoms with Gasteiger partial charge in [0.15, 0.2) is 0 Å². The molecule has 0 bridgehead atoms. The van der Waals surface area contributed by atoms with Crippen LogP contribution in [0.15, 0.2) is 18.3 Å². The standard InChI is InChI=1S/C18H23N3O3/c1-3-21(4-2)12-7-11-9-19-15-6-5-13(14(8-12)17(11)15)18(24)20-10-16(22)23/h5-6,9,12,19H,3-4,7-8,10H2,1-2H3,(H,20,24)(H,22,23). The van der Waals surface area contributed by atoms with Crippen molar-refractivity contribution in [2.75, 3.05) is 19.6 Å². The first kappa shape index (κ1) is 16.5. The highest BCUT2D eigenvalue weighted by Gasteiger charge is 2.28. The zero-order valence-corrected chi connectivity index (χ0v) is 14.1. The number of nitrogens with one attached hydrogen (secondary N) is 2. The SMILES string of the molecule is CCN(CC)C1Cc2c[nH]c3ccc(C(=O)NCC(=O)O)c(c23)C1. The van der Waals surface area contributed by atoms with Crippen LogP contribution in [0.3, 0.4) is 0 Å². The third-order valence-corrected chi connectivity index (χ3v) is 4.90. The van der Waals surface area contributed by atoms with Gasteiger partial charge in [-0.1, -0.05) is 13.8 Å². The van der Waals surface area contributed by atoms with Crippen LogP contribution in [0.5, 0.6) is 0 Å². The maximum atomic E-state index is 12.4. The fourth-order valence-corrected chi connectivity index (χ4v) is 3.77. The van der Waals surface area contributed by atoms with Crippen LogP contribution in [0.4, 0.5) is 0 Å². The summed E-state index contributed by atoms with van der Waals surface area (Å²) in [6.07, 6.45) is 3.80. The zero-order valence-electron chi connectivity index (χ0n) is 14.1. The van der Waals surface area contributed by atoms with Crippen LogP contribution in [0.1, 0.15) is 35.3 Å². The summed E-state index contributed by atoms with van der Waals surface area (Å²) in [7, 11) is 0. The molecule has 0 aliphatic heterocycles. The molecule has 3 N–H and O–H groups in total. The second kappa shape index (κ2) is 6.65. The molecule has 1 aromatic carbocycles. The predicted molar refractivity (Wildman–Crippen MR) is 92.4 cm³/mol. The summed E-state index contributed by atoms with van der Waals surface area (Å²) in [5.74, 6) is -1.36. The smallest absolute Gasteiger partial charge is 0.322 e. The van der Waals surface area contributed by atoms with E-state index in [1.807, 2.05) is 12.3 Å². The monoisotopic (exact) mass is 329 g/mol. The van der Waals surface area contributed by atoms with E-state index in [0.29, 0.717) is 11.6 Å². The summed E-state index contributed by atoms with van der Waals surface area (Å²) >= 11 is 0. The normalized spacial score (nSPS) is 16.5. The first-order valence-electron chi connectivity index (χ1n) is 8.41. The number of likely N-dealkylation sites (N-methyl/N-ethyl adjacent to an activating group) is 1. The van der Waals surface area contributed by atoms with Crippen molar-refractivity contribution < 1.29 is 14.7 Å². The molecule has 3 rings (SSSR count). The van der Waals surface area contributed by atoms with E-state index in [2.05, 4.69) is 29.0 Å². The molecular weight excluding hydrogens is 306 g/mol. The number of amides is 1. The highest BCUT2D eigenvalue weighted by molar-refractivity contribution is 6.03. The van der Waals surface area contributed by atoms with Crippen LogP contribution in [0.2, 0.25) is 0 Å².